The van der Waals surface area contributed by atoms with Crippen molar-refractivity contribution in [2.75, 3.05) is 4.90 Å². The van der Waals surface area contributed by atoms with Crippen LogP contribution in [0.15, 0.2) is 90.6 Å². The number of anilines is 1. The van der Waals surface area contributed by atoms with Crippen LogP contribution in [0.3, 0.4) is 0 Å². The molecule has 4 aromatic rings. The second-order valence-corrected chi connectivity index (χ2v) is 7.74. The van der Waals surface area contributed by atoms with Crippen molar-refractivity contribution < 1.29 is 14.7 Å². The van der Waals surface area contributed by atoms with Gasteiger partial charge in [-0.1, -0.05) is 60.1 Å². The fraction of sp³-hybridized carbons (Fsp3) is 0.0400. The largest absolute Gasteiger partial charge is 0.507 e. The van der Waals surface area contributed by atoms with Crippen LogP contribution in [0.5, 0.6) is 0 Å². The van der Waals surface area contributed by atoms with Gasteiger partial charge in [-0.15, -0.1) is 0 Å². The van der Waals surface area contributed by atoms with E-state index in [4.69, 9.17) is 11.6 Å². The highest BCUT2D eigenvalue weighted by molar-refractivity contribution is 6.52. The second kappa shape index (κ2) is 7.45. The number of benzene rings is 3. The third-order valence-electron chi connectivity index (χ3n) is 5.49. The molecule has 0 bridgehead atoms. The number of amides is 1. The summed E-state index contributed by atoms with van der Waals surface area (Å²) in [5.74, 6) is -1.68. The highest BCUT2D eigenvalue weighted by atomic mass is 35.5. The van der Waals surface area contributed by atoms with Gasteiger partial charge in [0, 0.05) is 38.9 Å². The lowest BCUT2D eigenvalue weighted by molar-refractivity contribution is -0.132. The maximum Gasteiger partial charge on any atom is 0.300 e. The smallest absolute Gasteiger partial charge is 0.300 e. The lowest BCUT2D eigenvalue weighted by Crippen LogP contribution is -2.29. The number of aromatic amines is 1. The van der Waals surface area contributed by atoms with E-state index in [0.29, 0.717) is 16.3 Å². The number of H-pyrrole nitrogens is 1. The molecule has 2 heterocycles. The molecule has 5 nitrogen and oxygen atoms in total. The average molecular weight is 429 g/mol. The Bertz CT molecular complexity index is 1360. The molecule has 31 heavy (non-hydrogen) atoms. The van der Waals surface area contributed by atoms with E-state index in [9.17, 15) is 14.7 Å². The number of para-hydroxylation sites is 2. The Hall–Kier alpha value is -3.83. The summed E-state index contributed by atoms with van der Waals surface area (Å²) in [4.78, 5) is 31.0. The molecule has 1 aliphatic rings. The molecule has 1 fully saturated rings. The molecule has 152 valence electrons. The zero-order chi connectivity index (χ0) is 21.5. The van der Waals surface area contributed by atoms with E-state index in [1.165, 1.54) is 4.90 Å². The first kappa shape index (κ1) is 19.2. The molecule has 1 saturated heterocycles. The molecule has 0 spiro atoms. The van der Waals surface area contributed by atoms with Crippen LogP contribution in [0.2, 0.25) is 5.02 Å². The minimum absolute atomic E-state index is 0.0286. The third-order valence-corrected chi connectivity index (χ3v) is 5.73. The zero-order valence-electron chi connectivity index (χ0n) is 16.2. The molecule has 5 rings (SSSR count). The fourth-order valence-electron chi connectivity index (χ4n) is 4.09. The van der Waals surface area contributed by atoms with Crippen LogP contribution in [-0.2, 0) is 9.59 Å². The van der Waals surface area contributed by atoms with Crippen molar-refractivity contribution in [3.63, 3.8) is 0 Å². The van der Waals surface area contributed by atoms with Crippen LogP contribution in [-0.4, -0.2) is 21.8 Å². The average Bonchev–Trinajstić information content (AvgIpc) is 3.33. The lowest BCUT2D eigenvalue weighted by Gasteiger charge is -2.25. The molecular formula is C25H17ClN2O3. The van der Waals surface area contributed by atoms with Gasteiger partial charge in [-0.25, -0.2) is 0 Å². The summed E-state index contributed by atoms with van der Waals surface area (Å²) in [6, 6.07) is 22.4. The number of aliphatic hydroxyl groups is 1. The van der Waals surface area contributed by atoms with Gasteiger partial charge in [-0.05, 0) is 30.3 Å². The second-order valence-electron chi connectivity index (χ2n) is 7.30. The molecule has 1 unspecified atom stereocenters. The Balaban J connectivity index is 1.79. The number of carbonyl (C=O) groups is 2. The predicted molar refractivity (Wildman–Crippen MR) is 121 cm³/mol. The minimum Gasteiger partial charge on any atom is -0.507 e. The van der Waals surface area contributed by atoms with Crippen molar-refractivity contribution in [2.24, 2.45) is 0 Å². The van der Waals surface area contributed by atoms with Crippen molar-refractivity contribution in [1.29, 1.82) is 0 Å². The zero-order valence-corrected chi connectivity index (χ0v) is 17.0. The number of Topliss-reactive ketones (excluding diaryl/α,β-unsaturated/α-hetero) is 1. The van der Waals surface area contributed by atoms with Crippen molar-refractivity contribution in [2.45, 2.75) is 6.04 Å². The van der Waals surface area contributed by atoms with Crippen LogP contribution in [0.1, 0.15) is 17.2 Å². The topological polar surface area (TPSA) is 73.4 Å². The molecule has 1 atom stereocenters. The molecule has 1 aromatic heterocycles. The summed E-state index contributed by atoms with van der Waals surface area (Å²) in [5, 5.41) is 12.4. The van der Waals surface area contributed by atoms with Crippen molar-refractivity contribution >= 4 is 45.6 Å². The highest BCUT2D eigenvalue weighted by Gasteiger charge is 2.47. The van der Waals surface area contributed by atoms with E-state index < -0.39 is 17.7 Å². The summed E-state index contributed by atoms with van der Waals surface area (Å²) in [5.41, 5.74) is 2.58. The van der Waals surface area contributed by atoms with Gasteiger partial charge < -0.3 is 10.1 Å². The first-order valence-electron chi connectivity index (χ1n) is 9.74. The van der Waals surface area contributed by atoms with Gasteiger partial charge >= 0.3 is 0 Å². The van der Waals surface area contributed by atoms with Crippen molar-refractivity contribution in [3.8, 4) is 0 Å². The van der Waals surface area contributed by atoms with Crippen molar-refractivity contribution in [1.82, 2.24) is 4.98 Å². The Kier molecular flexibility index (Phi) is 4.60. The van der Waals surface area contributed by atoms with E-state index in [1.54, 1.807) is 54.7 Å². The maximum atomic E-state index is 13.2. The van der Waals surface area contributed by atoms with E-state index in [-0.39, 0.29) is 11.3 Å². The number of fused-ring (bicyclic) bond motifs is 1. The SMILES string of the molecule is O=C1C(=O)N(c2ccccc2)C(c2c[nH]c3ccccc23)/C1=C(\O)c1cccc(Cl)c1. The van der Waals surface area contributed by atoms with Crippen LogP contribution in [0, 0.1) is 0 Å². The van der Waals surface area contributed by atoms with Crippen LogP contribution in [0.4, 0.5) is 5.69 Å². The van der Waals surface area contributed by atoms with Crippen molar-refractivity contribution in [3.05, 3.63) is 107 Å². The first-order valence-corrected chi connectivity index (χ1v) is 10.1. The Labute approximate surface area is 183 Å². The van der Waals surface area contributed by atoms with Gasteiger partial charge in [0.15, 0.2) is 0 Å². The summed E-state index contributed by atoms with van der Waals surface area (Å²) in [7, 11) is 0. The molecule has 6 heteroatoms. The summed E-state index contributed by atoms with van der Waals surface area (Å²) in [6.45, 7) is 0. The number of hydrogen-bond donors (Lipinski definition) is 2. The number of carbonyl (C=O) groups excluding carboxylic acids is 2. The lowest BCUT2D eigenvalue weighted by atomic mass is 9.95. The number of aromatic nitrogens is 1. The molecule has 1 amide bonds. The Morgan fingerprint density at radius 1 is 0.935 bits per heavy atom. The summed E-state index contributed by atoms with van der Waals surface area (Å²) in [6.07, 6.45) is 1.78. The first-order chi connectivity index (χ1) is 15.1. The normalized spacial score (nSPS) is 18.1. The van der Waals surface area contributed by atoms with Gasteiger partial charge in [-0.2, -0.15) is 0 Å². The standard InChI is InChI=1S/C25H17ClN2O3/c26-16-8-6-7-15(13-16)23(29)21-22(19-14-27-20-12-5-4-11-18(19)20)28(25(31)24(21)30)17-9-2-1-3-10-17/h1-14,22,27,29H/b23-21+. The maximum absolute atomic E-state index is 13.2. The van der Waals surface area contributed by atoms with E-state index in [1.807, 2.05) is 30.3 Å². The molecule has 1 aliphatic heterocycles. The Morgan fingerprint density at radius 3 is 2.45 bits per heavy atom. The van der Waals surface area contributed by atoms with E-state index >= 15 is 0 Å². The number of nitrogens with zero attached hydrogens (tertiary/aromatic N) is 1. The van der Waals surface area contributed by atoms with E-state index in [2.05, 4.69) is 4.98 Å². The summed E-state index contributed by atoms with van der Waals surface area (Å²) >= 11 is 6.10. The number of rotatable bonds is 3. The Morgan fingerprint density at radius 2 is 1.68 bits per heavy atom. The monoisotopic (exact) mass is 428 g/mol. The molecular weight excluding hydrogens is 412 g/mol. The van der Waals surface area contributed by atoms with Crippen LogP contribution < -0.4 is 4.90 Å². The molecule has 0 aliphatic carbocycles. The predicted octanol–water partition coefficient (Wildman–Crippen LogP) is 5.45. The minimum atomic E-state index is -0.794. The van der Waals surface area contributed by atoms with Gasteiger partial charge in [-0.3, -0.25) is 14.5 Å². The van der Waals surface area contributed by atoms with Gasteiger partial charge in [0.1, 0.15) is 5.76 Å². The quantitative estimate of drug-likeness (QED) is 0.259. The van der Waals surface area contributed by atoms with Crippen LogP contribution in [0.25, 0.3) is 16.7 Å². The number of aliphatic hydroxyl groups excluding tert-OH is 1. The van der Waals surface area contributed by atoms with E-state index in [0.717, 1.165) is 16.5 Å². The fourth-order valence-corrected chi connectivity index (χ4v) is 4.28. The van der Waals surface area contributed by atoms with Gasteiger partial charge in [0.05, 0.1) is 11.6 Å². The molecule has 2 N–H and O–H groups in total. The number of nitrogens with one attached hydrogen (secondary N) is 1. The number of ketones is 1. The van der Waals surface area contributed by atoms with Gasteiger partial charge in [0.2, 0.25) is 0 Å². The number of halogens is 1. The molecule has 0 radical (unpaired) electrons. The number of hydrogen-bond acceptors (Lipinski definition) is 3. The highest BCUT2D eigenvalue weighted by Crippen LogP contribution is 2.44. The molecule has 0 saturated carbocycles. The van der Waals surface area contributed by atoms with Crippen LogP contribution >= 0.6 is 11.6 Å². The summed E-state index contributed by atoms with van der Waals surface area (Å²) < 4.78 is 0. The van der Waals surface area contributed by atoms with Gasteiger partial charge in [0.25, 0.3) is 11.7 Å². The third kappa shape index (κ3) is 3.10. The molecule has 3 aromatic carbocycles.